The standard InChI is InChI=1S/C15H24N6O7/c1-26-13(23)8-21-11(18-19-20-21)6-5-10(15(25)28-3)17-12(22)7-4-9(16)14(24)27-2/h9-10H,4-8,16H2,1-3H3,(H,17,22)/t9-,10-/m0/s1. The molecule has 1 aromatic heterocycles. The van der Waals surface area contributed by atoms with E-state index in [1.54, 1.807) is 0 Å². The Morgan fingerprint density at radius 3 is 2.36 bits per heavy atom. The largest absolute Gasteiger partial charge is 0.468 e. The minimum Gasteiger partial charge on any atom is -0.468 e. The molecule has 0 fully saturated rings. The fourth-order valence-electron chi connectivity index (χ4n) is 2.20. The van der Waals surface area contributed by atoms with E-state index in [0.29, 0.717) is 5.82 Å². The van der Waals surface area contributed by atoms with Crippen molar-refractivity contribution in [2.45, 2.75) is 44.3 Å². The maximum atomic E-state index is 12.1. The van der Waals surface area contributed by atoms with E-state index in [2.05, 4.69) is 30.3 Å². The molecule has 28 heavy (non-hydrogen) atoms. The average molecular weight is 400 g/mol. The molecule has 13 nitrogen and oxygen atoms in total. The lowest BCUT2D eigenvalue weighted by Crippen LogP contribution is -2.42. The molecule has 3 N–H and O–H groups in total. The lowest BCUT2D eigenvalue weighted by atomic mass is 10.1. The number of nitrogens with one attached hydrogen (secondary N) is 1. The van der Waals surface area contributed by atoms with Gasteiger partial charge in [-0.3, -0.25) is 14.4 Å². The van der Waals surface area contributed by atoms with Crippen LogP contribution in [0, 0.1) is 0 Å². The predicted octanol–water partition coefficient (Wildman–Crippen LogP) is -2.28. The Balaban J connectivity index is 2.63. The van der Waals surface area contributed by atoms with Gasteiger partial charge in [-0.25, -0.2) is 9.48 Å². The molecule has 1 aromatic rings. The summed E-state index contributed by atoms with van der Waals surface area (Å²) >= 11 is 0. The Morgan fingerprint density at radius 1 is 1.07 bits per heavy atom. The van der Waals surface area contributed by atoms with Crippen LogP contribution in [0.3, 0.4) is 0 Å². The Kier molecular flexibility index (Phi) is 9.50. The zero-order chi connectivity index (χ0) is 21.1. The molecule has 1 rings (SSSR count). The third-order valence-corrected chi connectivity index (χ3v) is 3.78. The van der Waals surface area contributed by atoms with Crippen molar-refractivity contribution in [3.63, 3.8) is 0 Å². The van der Waals surface area contributed by atoms with Gasteiger partial charge in [-0.05, 0) is 23.3 Å². The highest BCUT2D eigenvalue weighted by atomic mass is 16.5. The van der Waals surface area contributed by atoms with Crippen molar-refractivity contribution in [3.05, 3.63) is 5.82 Å². The average Bonchev–Trinajstić information content (AvgIpc) is 3.14. The van der Waals surface area contributed by atoms with Crippen LogP contribution in [0.2, 0.25) is 0 Å². The number of aromatic nitrogens is 4. The van der Waals surface area contributed by atoms with Crippen LogP contribution < -0.4 is 11.1 Å². The highest BCUT2D eigenvalue weighted by molar-refractivity contribution is 5.85. The topological polar surface area (TPSA) is 178 Å². The molecule has 156 valence electrons. The summed E-state index contributed by atoms with van der Waals surface area (Å²) in [6, 6.07) is -1.90. The normalized spacial score (nSPS) is 12.6. The first kappa shape index (κ1) is 23.0. The zero-order valence-electron chi connectivity index (χ0n) is 15.9. The highest BCUT2D eigenvalue weighted by Crippen LogP contribution is 2.05. The minimum absolute atomic E-state index is 0.0593. The number of nitrogens with zero attached hydrogens (tertiary/aromatic N) is 4. The lowest BCUT2D eigenvalue weighted by Gasteiger charge is -2.17. The monoisotopic (exact) mass is 400 g/mol. The fraction of sp³-hybridized carbons (Fsp3) is 0.667. The van der Waals surface area contributed by atoms with Crippen molar-refractivity contribution in [2.75, 3.05) is 21.3 Å². The molecule has 1 amide bonds. The number of carbonyl (C=O) groups is 4. The minimum atomic E-state index is -0.963. The number of ether oxygens (including phenoxy) is 3. The molecule has 0 unspecified atom stereocenters. The maximum absolute atomic E-state index is 12.1. The number of amides is 1. The molecule has 2 atom stereocenters. The van der Waals surface area contributed by atoms with E-state index in [1.165, 1.54) is 26.0 Å². The van der Waals surface area contributed by atoms with E-state index in [9.17, 15) is 19.2 Å². The number of carbonyl (C=O) groups excluding carboxylic acids is 4. The number of hydrogen-bond donors (Lipinski definition) is 2. The number of aryl methyl sites for hydroxylation is 1. The molecule has 0 saturated carbocycles. The first-order valence-corrected chi connectivity index (χ1v) is 8.34. The van der Waals surface area contributed by atoms with Crippen LogP contribution in [-0.4, -0.2) is 77.4 Å². The second-order valence-electron chi connectivity index (χ2n) is 5.68. The molecule has 1 heterocycles. The van der Waals surface area contributed by atoms with E-state index >= 15 is 0 Å². The van der Waals surface area contributed by atoms with E-state index in [-0.39, 0.29) is 32.2 Å². The van der Waals surface area contributed by atoms with Crippen LogP contribution in [0.25, 0.3) is 0 Å². The van der Waals surface area contributed by atoms with Crippen molar-refractivity contribution in [1.29, 1.82) is 0 Å². The van der Waals surface area contributed by atoms with Gasteiger partial charge in [-0.2, -0.15) is 0 Å². The summed E-state index contributed by atoms with van der Waals surface area (Å²) in [6.45, 7) is -0.181. The molecular formula is C15H24N6O7. The van der Waals surface area contributed by atoms with E-state index < -0.39 is 35.9 Å². The quantitative estimate of drug-likeness (QED) is 0.302. The van der Waals surface area contributed by atoms with E-state index in [1.807, 2.05) is 0 Å². The number of methoxy groups -OCH3 is 3. The third-order valence-electron chi connectivity index (χ3n) is 3.78. The third kappa shape index (κ3) is 7.26. The Labute approximate surface area is 160 Å². The second-order valence-corrected chi connectivity index (χ2v) is 5.68. The molecule has 0 bridgehead atoms. The van der Waals surface area contributed by atoms with Gasteiger partial charge in [0.05, 0.1) is 21.3 Å². The van der Waals surface area contributed by atoms with Crippen LogP contribution in [0.15, 0.2) is 0 Å². The summed E-state index contributed by atoms with van der Waals surface area (Å²) in [5, 5.41) is 13.5. The first-order chi connectivity index (χ1) is 13.3. The van der Waals surface area contributed by atoms with Gasteiger partial charge in [0.2, 0.25) is 5.91 Å². The SMILES string of the molecule is COC(=O)Cn1nnnc1CC[C@H](NC(=O)CC[C@H](N)C(=O)OC)C(=O)OC. The van der Waals surface area contributed by atoms with Crippen molar-refractivity contribution in [2.24, 2.45) is 5.73 Å². The molecule has 0 aromatic carbocycles. The Hall–Kier alpha value is -3.09. The van der Waals surface area contributed by atoms with Crippen molar-refractivity contribution >= 4 is 23.8 Å². The highest BCUT2D eigenvalue weighted by Gasteiger charge is 2.24. The Bertz CT molecular complexity index is 692. The van der Waals surface area contributed by atoms with Crippen LogP contribution in [-0.2, 0) is 46.4 Å². The second kappa shape index (κ2) is 11.6. The van der Waals surface area contributed by atoms with E-state index in [0.717, 1.165) is 0 Å². The summed E-state index contributed by atoms with van der Waals surface area (Å²) in [4.78, 5) is 46.6. The molecule has 0 radical (unpaired) electrons. The summed E-state index contributed by atoms with van der Waals surface area (Å²) in [5.74, 6) is -1.97. The summed E-state index contributed by atoms with van der Waals surface area (Å²) in [5.41, 5.74) is 5.57. The van der Waals surface area contributed by atoms with Gasteiger partial charge in [-0.15, -0.1) is 5.10 Å². The van der Waals surface area contributed by atoms with E-state index in [4.69, 9.17) is 10.5 Å². The molecule has 0 saturated heterocycles. The van der Waals surface area contributed by atoms with Crippen LogP contribution in [0.5, 0.6) is 0 Å². The van der Waals surface area contributed by atoms with Gasteiger partial charge in [0.25, 0.3) is 0 Å². The summed E-state index contributed by atoms with van der Waals surface area (Å²) in [6.07, 6.45) is 0.294. The predicted molar refractivity (Wildman–Crippen MR) is 91.3 cm³/mol. The van der Waals surface area contributed by atoms with Gasteiger partial charge >= 0.3 is 17.9 Å². The molecule has 0 aliphatic rings. The van der Waals surface area contributed by atoms with Gasteiger partial charge in [0.1, 0.15) is 18.6 Å². The molecular weight excluding hydrogens is 376 g/mol. The van der Waals surface area contributed by atoms with Crippen molar-refractivity contribution < 1.29 is 33.4 Å². The molecule has 13 heteroatoms. The van der Waals surface area contributed by atoms with Gasteiger partial charge < -0.3 is 25.3 Å². The van der Waals surface area contributed by atoms with Gasteiger partial charge in [-0.1, -0.05) is 0 Å². The Morgan fingerprint density at radius 2 is 1.75 bits per heavy atom. The van der Waals surface area contributed by atoms with Crippen molar-refractivity contribution in [1.82, 2.24) is 25.5 Å². The molecule has 0 spiro atoms. The molecule has 0 aliphatic carbocycles. The number of rotatable bonds is 11. The van der Waals surface area contributed by atoms with Crippen LogP contribution in [0.1, 0.15) is 25.1 Å². The van der Waals surface area contributed by atoms with Crippen LogP contribution >= 0.6 is 0 Å². The lowest BCUT2D eigenvalue weighted by molar-refractivity contribution is -0.145. The number of esters is 3. The van der Waals surface area contributed by atoms with Gasteiger partial charge in [0, 0.05) is 12.8 Å². The first-order valence-electron chi connectivity index (χ1n) is 8.34. The molecule has 0 aliphatic heterocycles. The smallest absolute Gasteiger partial charge is 0.328 e. The number of hydrogen-bond acceptors (Lipinski definition) is 11. The summed E-state index contributed by atoms with van der Waals surface area (Å²) < 4.78 is 15.0. The summed E-state index contributed by atoms with van der Waals surface area (Å²) in [7, 11) is 3.63. The number of nitrogens with two attached hydrogens (primary N) is 1. The fourth-order valence-corrected chi connectivity index (χ4v) is 2.20. The maximum Gasteiger partial charge on any atom is 0.328 e. The van der Waals surface area contributed by atoms with Crippen LogP contribution in [0.4, 0.5) is 0 Å². The number of tetrazole rings is 1. The van der Waals surface area contributed by atoms with Crippen molar-refractivity contribution in [3.8, 4) is 0 Å². The zero-order valence-corrected chi connectivity index (χ0v) is 15.9. The van der Waals surface area contributed by atoms with Gasteiger partial charge in [0.15, 0.2) is 5.82 Å².